The Morgan fingerprint density at radius 1 is 0.417 bits per heavy atom. The van der Waals surface area contributed by atoms with Crippen molar-refractivity contribution in [3.05, 3.63) is 300 Å². The Balaban J connectivity index is 1.10. The van der Waals surface area contributed by atoms with Crippen molar-refractivity contribution >= 4 is 83.8 Å². The van der Waals surface area contributed by atoms with Crippen LogP contribution in [0.15, 0.2) is 267 Å². The molecule has 0 bridgehead atoms. The Morgan fingerprint density at radius 3 is 1.57 bits per heavy atom. The van der Waals surface area contributed by atoms with Crippen molar-refractivity contribution in [3.8, 4) is 44.8 Å². The molecule has 0 N–H and O–H groups in total. The van der Waals surface area contributed by atoms with Crippen LogP contribution in [0.4, 0.5) is 17.1 Å². The number of fused-ring (bicyclic) bond motifs is 14. The van der Waals surface area contributed by atoms with Crippen molar-refractivity contribution in [1.29, 1.82) is 0 Å². The van der Waals surface area contributed by atoms with Gasteiger partial charge in [0.05, 0.1) is 33.2 Å². The van der Waals surface area contributed by atoms with Crippen molar-refractivity contribution in [2.24, 2.45) is 0 Å². The van der Waals surface area contributed by atoms with Crippen LogP contribution >= 0.6 is 0 Å². The van der Waals surface area contributed by atoms with Crippen LogP contribution in [0, 0.1) is 0 Å². The van der Waals surface area contributed by atoms with E-state index in [4.69, 9.17) is 0 Å². The third-order valence-corrected chi connectivity index (χ3v) is 19.0. The molecule has 3 aliphatic rings. The van der Waals surface area contributed by atoms with Gasteiger partial charge in [0.1, 0.15) is 0 Å². The molecule has 0 saturated heterocycles. The lowest BCUT2D eigenvalue weighted by Crippen LogP contribution is -2.60. The van der Waals surface area contributed by atoms with E-state index < -0.39 is 5.41 Å². The van der Waals surface area contributed by atoms with E-state index in [9.17, 15) is 0 Å². The first-order valence-corrected chi connectivity index (χ1v) is 29.9. The first kappa shape index (κ1) is 48.8. The Hall–Kier alpha value is -9.90. The molecule has 0 saturated carbocycles. The molecular weight excluding hydrogens is 1010 g/mol. The summed E-state index contributed by atoms with van der Waals surface area (Å²) in [5.74, 6) is 0.230. The fraction of sp³-hybridized carbons (Fsp3) is 0.100. The van der Waals surface area contributed by atoms with Gasteiger partial charge in [-0.05, 0) is 144 Å². The van der Waals surface area contributed by atoms with Gasteiger partial charge in [-0.25, -0.2) is 0 Å². The van der Waals surface area contributed by atoms with E-state index in [0.29, 0.717) is 0 Å². The minimum Gasteiger partial charge on any atom is -0.310 e. The summed E-state index contributed by atoms with van der Waals surface area (Å²) in [6, 6.07) is 102. The lowest BCUT2D eigenvalue weighted by molar-refractivity contribution is 0.591. The second-order valence-electron chi connectivity index (χ2n) is 24.9. The molecule has 0 radical (unpaired) electrons. The number of rotatable bonds is 7. The Morgan fingerprint density at radius 2 is 0.952 bits per heavy atom. The van der Waals surface area contributed by atoms with Gasteiger partial charge in [0, 0.05) is 55.4 Å². The summed E-state index contributed by atoms with van der Waals surface area (Å²) in [5.41, 5.74) is 29.2. The molecule has 2 aromatic heterocycles. The summed E-state index contributed by atoms with van der Waals surface area (Å²) in [5, 5.41) is 5.04. The number of hydrogen-bond acceptors (Lipinski definition) is 1. The molecule has 4 heterocycles. The Kier molecular flexibility index (Phi) is 10.5. The van der Waals surface area contributed by atoms with Gasteiger partial charge in [-0.15, -0.1) is 0 Å². The Labute approximate surface area is 491 Å². The van der Waals surface area contributed by atoms with Crippen LogP contribution < -0.4 is 21.3 Å². The van der Waals surface area contributed by atoms with E-state index in [0.717, 1.165) is 5.69 Å². The summed E-state index contributed by atoms with van der Waals surface area (Å²) in [6.07, 6.45) is 0. The van der Waals surface area contributed by atoms with Crippen molar-refractivity contribution in [1.82, 2.24) is 9.13 Å². The molecule has 17 rings (SSSR count). The van der Waals surface area contributed by atoms with Crippen molar-refractivity contribution in [2.75, 3.05) is 4.90 Å². The molecule has 2 aliphatic heterocycles. The minimum atomic E-state index is -0.621. The Bertz CT molecular complexity index is 4910. The molecular formula is C80H60BN3. The van der Waals surface area contributed by atoms with E-state index in [1.807, 2.05) is 0 Å². The SMILES string of the molecule is CC(C)c1cc2c3c(c1)-n1c4ccccc4c4c5c(cc(c41)B3c1cc3c(cc1N2c1c(-c2ccccc2)cc(C(C)(C)C)cc1-c1ccccc1)c1ccccc1n3-c1ccccc1)C(c1ccccc1)(c1ccccc1)c1ccccc1-5. The highest BCUT2D eigenvalue weighted by Crippen LogP contribution is 2.60. The van der Waals surface area contributed by atoms with Gasteiger partial charge in [-0.3, -0.25) is 0 Å². The molecule has 3 nitrogen and oxygen atoms in total. The zero-order valence-electron chi connectivity index (χ0n) is 47.9. The number of hydrogen-bond donors (Lipinski definition) is 0. The van der Waals surface area contributed by atoms with E-state index in [1.165, 1.54) is 150 Å². The second kappa shape index (κ2) is 18.1. The summed E-state index contributed by atoms with van der Waals surface area (Å²) >= 11 is 0. The van der Waals surface area contributed by atoms with Gasteiger partial charge in [0.2, 0.25) is 0 Å². The predicted octanol–water partition coefficient (Wildman–Crippen LogP) is 18.6. The summed E-state index contributed by atoms with van der Waals surface area (Å²) in [7, 11) is 0. The van der Waals surface area contributed by atoms with E-state index in [1.54, 1.807) is 0 Å². The van der Waals surface area contributed by atoms with Crippen LogP contribution in [0.3, 0.4) is 0 Å². The average molecular weight is 1070 g/mol. The first-order valence-electron chi connectivity index (χ1n) is 29.9. The third-order valence-electron chi connectivity index (χ3n) is 19.0. The largest absolute Gasteiger partial charge is 0.310 e. The van der Waals surface area contributed by atoms with Gasteiger partial charge in [-0.2, -0.15) is 0 Å². The highest BCUT2D eigenvalue weighted by atomic mass is 15.2. The van der Waals surface area contributed by atoms with Crippen LogP contribution in [-0.2, 0) is 10.8 Å². The molecule has 14 aromatic rings. The fourth-order valence-corrected chi connectivity index (χ4v) is 15.4. The van der Waals surface area contributed by atoms with Gasteiger partial charge >= 0.3 is 0 Å². The fourth-order valence-electron chi connectivity index (χ4n) is 15.4. The quantitative estimate of drug-likeness (QED) is 0.145. The van der Waals surface area contributed by atoms with Crippen LogP contribution in [0.5, 0.6) is 0 Å². The summed E-state index contributed by atoms with van der Waals surface area (Å²) in [4.78, 5) is 2.73. The van der Waals surface area contributed by atoms with Crippen molar-refractivity contribution < 1.29 is 0 Å². The molecule has 398 valence electrons. The lowest BCUT2D eigenvalue weighted by atomic mass is 9.33. The van der Waals surface area contributed by atoms with E-state index in [-0.39, 0.29) is 18.0 Å². The van der Waals surface area contributed by atoms with Crippen LogP contribution in [0.1, 0.15) is 73.9 Å². The highest BCUT2D eigenvalue weighted by molar-refractivity contribution is 7.00. The lowest BCUT2D eigenvalue weighted by Gasteiger charge is -2.43. The molecule has 1 aliphatic carbocycles. The second-order valence-corrected chi connectivity index (χ2v) is 24.9. The molecule has 84 heavy (non-hydrogen) atoms. The number of para-hydroxylation sites is 3. The zero-order valence-corrected chi connectivity index (χ0v) is 47.9. The number of nitrogens with zero attached hydrogens (tertiary/aromatic N) is 3. The van der Waals surface area contributed by atoms with E-state index in [2.05, 4.69) is 316 Å². The first-order chi connectivity index (χ1) is 41.2. The predicted molar refractivity (Wildman–Crippen MR) is 355 cm³/mol. The van der Waals surface area contributed by atoms with Crippen LogP contribution in [0.2, 0.25) is 0 Å². The standard InChI is InChI=1S/C80H60BN3/c1-50(2)53-43-72-76-73(44-53)84(77-61(51-27-11-6-12-28-51)45-56(79(3,4)5)46-62(77)52-29-13-7-14-30-52)71-47-63-58-37-22-25-41-68(58)82(57-35-19-10-20-36-57)70(63)49-66(71)81(76)67-48-65-74(75-60-39-23-26-42-69(60)83(72)78(67)75)59-38-21-24-40-64(59)80(65,54-31-15-8-16-32-54)55-33-17-9-18-34-55/h6-50H,1-5H3. The van der Waals surface area contributed by atoms with Gasteiger partial charge in [0.25, 0.3) is 6.71 Å². The molecule has 0 fully saturated rings. The number of benzene rings is 12. The van der Waals surface area contributed by atoms with Crippen LogP contribution in [-0.4, -0.2) is 15.8 Å². The number of anilines is 3. The maximum Gasteiger partial charge on any atom is 0.252 e. The average Bonchev–Trinajstić information content (AvgIpc) is 1.43. The molecule has 0 unspecified atom stereocenters. The molecule has 12 aromatic carbocycles. The highest BCUT2D eigenvalue weighted by Gasteiger charge is 2.51. The third kappa shape index (κ3) is 6.71. The maximum atomic E-state index is 2.73. The van der Waals surface area contributed by atoms with Crippen LogP contribution in [0.25, 0.3) is 88.4 Å². The topological polar surface area (TPSA) is 13.1 Å². The zero-order chi connectivity index (χ0) is 56.2. The minimum absolute atomic E-state index is 0.141. The smallest absolute Gasteiger partial charge is 0.252 e. The summed E-state index contributed by atoms with van der Waals surface area (Å²) < 4.78 is 5.21. The summed E-state index contributed by atoms with van der Waals surface area (Å²) in [6.45, 7) is 11.6. The number of aromatic nitrogens is 2. The monoisotopic (exact) mass is 1070 g/mol. The van der Waals surface area contributed by atoms with Gasteiger partial charge in [0.15, 0.2) is 0 Å². The van der Waals surface area contributed by atoms with Crippen molar-refractivity contribution in [2.45, 2.75) is 51.4 Å². The normalized spacial score (nSPS) is 13.7. The maximum absolute atomic E-state index is 2.73. The van der Waals surface area contributed by atoms with Gasteiger partial charge < -0.3 is 14.0 Å². The molecule has 0 amide bonds. The molecule has 0 atom stereocenters. The molecule has 0 spiro atoms. The van der Waals surface area contributed by atoms with Gasteiger partial charge in [-0.1, -0.05) is 241 Å². The van der Waals surface area contributed by atoms with E-state index >= 15 is 0 Å². The van der Waals surface area contributed by atoms with Crippen molar-refractivity contribution in [3.63, 3.8) is 0 Å². The molecule has 4 heteroatoms.